The molecule has 1 atom stereocenters. The Labute approximate surface area is 151 Å². The molecule has 0 saturated heterocycles. The summed E-state index contributed by atoms with van der Waals surface area (Å²) >= 11 is 11.7. The molecule has 2 aromatic rings. The van der Waals surface area contributed by atoms with Crippen LogP contribution in [0.1, 0.15) is 22.9 Å². The number of benzene rings is 2. The normalized spacial score (nSPS) is 17.3. The highest BCUT2D eigenvalue weighted by Gasteiger charge is 2.30. The van der Waals surface area contributed by atoms with Crippen LogP contribution >= 0.6 is 23.2 Å². The summed E-state index contributed by atoms with van der Waals surface area (Å²) < 4.78 is 37.7. The molecule has 4 nitrogen and oxygen atoms in total. The zero-order chi connectivity index (χ0) is 18.2. The van der Waals surface area contributed by atoms with E-state index in [9.17, 15) is 18.3 Å². The minimum absolute atomic E-state index is 0.0717. The second-order valence-corrected chi connectivity index (χ2v) is 6.14. The van der Waals surface area contributed by atoms with Crippen LogP contribution < -0.4 is 0 Å². The van der Waals surface area contributed by atoms with Crippen molar-refractivity contribution in [2.24, 2.45) is 4.99 Å². The van der Waals surface area contributed by atoms with Gasteiger partial charge in [-0.25, -0.2) is 14.9 Å². The molecule has 0 spiro atoms. The van der Waals surface area contributed by atoms with Gasteiger partial charge < -0.3 is 5.11 Å². The number of aromatic hydroxyl groups is 1. The molecule has 9 heteroatoms. The summed E-state index contributed by atoms with van der Waals surface area (Å²) in [6, 6.07) is 7.74. The number of hydrogen-bond acceptors (Lipinski definition) is 4. The Kier molecular flexibility index (Phi) is 4.81. The zero-order valence-electron chi connectivity index (χ0n) is 12.5. The molecule has 3 rings (SSSR count). The van der Waals surface area contributed by atoms with Crippen LogP contribution in [-0.2, 0) is 17.6 Å². The highest BCUT2D eigenvalue weighted by Crippen LogP contribution is 2.37. The van der Waals surface area contributed by atoms with Gasteiger partial charge >= 0.3 is 6.18 Å². The molecule has 1 N–H and O–H groups in total. The van der Waals surface area contributed by atoms with Crippen LogP contribution in [0.4, 0.5) is 13.2 Å². The summed E-state index contributed by atoms with van der Waals surface area (Å²) in [6.07, 6.45) is -3.64. The van der Waals surface area contributed by atoms with Gasteiger partial charge in [-0.3, -0.25) is 0 Å². The average molecular weight is 391 g/mol. The van der Waals surface area contributed by atoms with E-state index in [0.717, 1.165) is 12.1 Å². The Morgan fingerprint density at radius 3 is 2.28 bits per heavy atom. The van der Waals surface area contributed by atoms with Gasteiger partial charge in [-0.2, -0.15) is 13.2 Å². The van der Waals surface area contributed by atoms with Crippen LogP contribution in [0.25, 0.3) is 0 Å². The van der Waals surface area contributed by atoms with Crippen LogP contribution in [0.3, 0.4) is 0 Å². The first-order valence-electron chi connectivity index (χ1n) is 7.05. The number of phenols is 1. The minimum atomic E-state index is -4.37. The topological polar surface area (TPSA) is 45.1 Å². The number of rotatable bonds is 3. The van der Waals surface area contributed by atoms with Gasteiger partial charge in [0.15, 0.2) is 5.75 Å². The molecule has 0 aliphatic carbocycles. The van der Waals surface area contributed by atoms with Gasteiger partial charge in [0.05, 0.1) is 22.2 Å². The molecule has 1 aliphatic rings. The maximum absolute atomic E-state index is 12.6. The van der Waals surface area contributed by atoms with Gasteiger partial charge in [-0.05, 0) is 29.8 Å². The molecule has 1 unspecified atom stereocenters. The van der Waals surface area contributed by atoms with Gasteiger partial charge in [0.2, 0.25) is 6.23 Å². The first-order valence-corrected chi connectivity index (χ1v) is 7.80. The summed E-state index contributed by atoms with van der Waals surface area (Å²) in [4.78, 5) is 9.74. The molecule has 0 saturated carbocycles. The number of aliphatic imine (C=N–C) groups is 1. The van der Waals surface area contributed by atoms with Gasteiger partial charge in [-0.1, -0.05) is 35.3 Å². The third-order valence-electron chi connectivity index (χ3n) is 3.51. The van der Waals surface area contributed by atoms with E-state index in [1.54, 1.807) is 0 Å². The molecular formula is C16H11Cl2F3N2O2. The largest absolute Gasteiger partial charge is 0.505 e. The first-order chi connectivity index (χ1) is 11.7. The molecule has 0 aromatic heterocycles. The van der Waals surface area contributed by atoms with Gasteiger partial charge in [0, 0.05) is 5.56 Å². The smallest absolute Gasteiger partial charge is 0.416 e. The van der Waals surface area contributed by atoms with Crippen LogP contribution in [-0.4, -0.2) is 16.5 Å². The van der Waals surface area contributed by atoms with Crippen molar-refractivity contribution < 1.29 is 23.1 Å². The Balaban J connectivity index is 1.67. The van der Waals surface area contributed by atoms with Crippen molar-refractivity contribution in [3.8, 4) is 5.75 Å². The van der Waals surface area contributed by atoms with E-state index in [1.165, 1.54) is 35.7 Å². The summed E-state index contributed by atoms with van der Waals surface area (Å²) in [6.45, 7) is 0.220. The van der Waals surface area contributed by atoms with Crippen LogP contribution in [0, 0.1) is 0 Å². The number of hydroxylamine groups is 2. The van der Waals surface area contributed by atoms with Crippen molar-refractivity contribution in [3.63, 3.8) is 0 Å². The molecule has 2 aromatic carbocycles. The second-order valence-electron chi connectivity index (χ2n) is 5.33. The summed E-state index contributed by atoms with van der Waals surface area (Å²) in [7, 11) is 0. The fourth-order valence-electron chi connectivity index (χ4n) is 2.25. The van der Waals surface area contributed by atoms with E-state index in [2.05, 4.69) is 4.99 Å². The Morgan fingerprint density at radius 2 is 1.72 bits per heavy atom. The molecule has 132 valence electrons. The third-order valence-corrected chi connectivity index (χ3v) is 4.09. The molecule has 0 radical (unpaired) electrons. The summed E-state index contributed by atoms with van der Waals surface area (Å²) in [5.41, 5.74) is 0.458. The minimum Gasteiger partial charge on any atom is -0.505 e. The highest BCUT2D eigenvalue weighted by molar-refractivity contribution is 6.37. The number of alkyl halides is 3. The van der Waals surface area contributed by atoms with Crippen molar-refractivity contribution in [1.82, 2.24) is 5.06 Å². The zero-order valence-corrected chi connectivity index (χ0v) is 14.0. The van der Waals surface area contributed by atoms with Crippen LogP contribution in [0.15, 0.2) is 41.4 Å². The number of hydrogen-bond donors (Lipinski definition) is 1. The first kappa shape index (κ1) is 17.8. The molecule has 0 amide bonds. The average Bonchev–Trinajstić information content (AvgIpc) is 3.00. The van der Waals surface area contributed by atoms with Gasteiger partial charge in [-0.15, -0.1) is 0 Å². The van der Waals surface area contributed by atoms with Crippen molar-refractivity contribution >= 4 is 29.5 Å². The van der Waals surface area contributed by atoms with Crippen LogP contribution in [0.2, 0.25) is 10.0 Å². The lowest BCUT2D eigenvalue weighted by Gasteiger charge is -2.17. The van der Waals surface area contributed by atoms with Gasteiger partial charge in [0.1, 0.15) is 6.34 Å². The lowest BCUT2D eigenvalue weighted by atomic mass is 10.1. The number of halogens is 5. The van der Waals surface area contributed by atoms with E-state index in [-0.39, 0.29) is 22.3 Å². The lowest BCUT2D eigenvalue weighted by Crippen LogP contribution is -2.18. The predicted molar refractivity (Wildman–Crippen MR) is 87.4 cm³/mol. The Morgan fingerprint density at radius 1 is 1.12 bits per heavy atom. The monoisotopic (exact) mass is 390 g/mol. The number of nitrogens with zero attached hydrogens (tertiary/aromatic N) is 2. The van der Waals surface area contributed by atoms with Crippen molar-refractivity contribution in [2.75, 3.05) is 0 Å². The third kappa shape index (κ3) is 4.00. The molecule has 1 aliphatic heterocycles. The summed E-state index contributed by atoms with van der Waals surface area (Å²) in [5, 5.41) is 11.1. The Bertz CT molecular complexity index is 787. The molecular weight excluding hydrogens is 380 g/mol. The number of phenolic OH excluding ortho intramolecular Hbond substituents is 1. The van der Waals surface area contributed by atoms with Gasteiger partial charge in [0.25, 0.3) is 0 Å². The molecule has 0 fully saturated rings. The van der Waals surface area contributed by atoms with E-state index in [1.807, 2.05) is 0 Å². The molecule has 25 heavy (non-hydrogen) atoms. The van der Waals surface area contributed by atoms with E-state index in [0.29, 0.717) is 11.1 Å². The van der Waals surface area contributed by atoms with Crippen molar-refractivity contribution in [3.05, 3.63) is 63.1 Å². The van der Waals surface area contributed by atoms with E-state index in [4.69, 9.17) is 28.0 Å². The predicted octanol–water partition coefficient (Wildman–Crippen LogP) is 5.19. The highest BCUT2D eigenvalue weighted by atomic mass is 35.5. The van der Waals surface area contributed by atoms with E-state index < -0.39 is 18.0 Å². The van der Waals surface area contributed by atoms with Crippen LogP contribution in [0.5, 0.6) is 5.75 Å². The van der Waals surface area contributed by atoms with Crippen molar-refractivity contribution in [1.29, 1.82) is 0 Å². The maximum Gasteiger partial charge on any atom is 0.416 e. The SMILES string of the molecule is Oc1c(Cl)cc(C2N=CN(Cc3ccc(C(F)(F)F)cc3)O2)cc1Cl. The lowest BCUT2D eigenvalue weighted by molar-refractivity contribution is -0.137. The fourth-order valence-corrected chi connectivity index (χ4v) is 2.75. The van der Waals surface area contributed by atoms with E-state index >= 15 is 0 Å². The standard InChI is InChI=1S/C16H11Cl2F3N2O2/c17-12-5-10(6-13(18)14(12)24)15-22-8-23(25-15)7-9-1-3-11(4-2-9)16(19,20)21/h1-6,8,15,24H,7H2. The fraction of sp³-hybridized carbons (Fsp3) is 0.188. The quantitative estimate of drug-likeness (QED) is 0.783. The molecule has 0 bridgehead atoms. The maximum atomic E-state index is 12.6. The Hall–Kier alpha value is -1.96. The summed E-state index contributed by atoms with van der Waals surface area (Å²) in [5.74, 6) is -0.226. The second kappa shape index (κ2) is 6.74. The van der Waals surface area contributed by atoms with Crippen molar-refractivity contribution in [2.45, 2.75) is 18.9 Å². The molecule has 1 heterocycles.